The molecule has 7 nitrogen and oxygen atoms in total. The summed E-state index contributed by atoms with van der Waals surface area (Å²) in [6.45, 7) is 3.50. The number of halogens is 1. The molecule has 0 spiro atoms. The second-order valence-electron chi connectivity index (χ2n) is 10.6. The maximum atomic E-state index is 14.1. The second kappa shape index (κ2) is 14.0. The van der Waals surface area contributed by atoms with Gasteiger partial charge in [0, 0.05) is 17.6 Å². The summed E-state index contributed by atoms with van der Waals surface area (Å²) in [4.78, 5) is 29.3. The van der Waals surface area contributed by atoms with Gasteiger partial charge in [-0.15, -0.1) is 0 Å². The van der Waals surface area contributed by atoms with Crippen molar-refractivity contribution >= 4 is 39.1 Å². The fourth-order valence-corrected chi connectivity index (χ4v) is 6.76. The number of anilines is 1. The van der Waals surface area contributed by atoms with Gasteiger partial charge in [0.05, 0.1) is 10.6 Å². The maximum Gasteiger partial charge on any atom is 0.264 e. The molecule has 3 aromatic carbocycles. The molecule has 3 aromatic rings. The number of aryl methyl sites for hydroxylation is 1. The number of sulfonamides is 1. The summed E-state index contributed by atoms with van der Waals surface area (Å²) < 4.78 is 28.9. The number of carbonyl (C=O) groups is 2. The van der Waals surface area contributed by atoms with Gasteiger partial charge in [-0.3, -0.25) is 13.9 Å². The van der Waals surface area contributed by atoms with E-state index in [-0.39, 0.29) is 23.4 Å². The minimum Gasteiger partial charge on any atom is -0.352 e. The van der Waals surface area contributed by atoms with Gasteiger partial charge in [0.15, 0.2) is 0 Å². The molecule has 0 heterocycles. The normalized spacial score (nSPS) is 14.7. The molecule has 0 aliphatic heterocycles. The van der Waals surface area contributed by atoms with Crippen LogP contribution in [0, 0.1) is 6.92 Å². The molecule has 1 fully saturated rings. The quantitative estimate of drug-likeness (QED) is 0.290. The molecule has 0 saturated heterocycles. The first-order valence-electron chi connectivity index (χ1n) is 14.2. The largest absolute Gasteiger partial charge is 0.352 e. The monoisotopic (exact) mass is 595 g/mol. The molecular weight excluding hydrogens is 558 g/mol. The molecule has 0 radical (unpaired) electrons. The van der Waals surface area contributed by atoms with Gasteiger partial charge in [0.1, 0.15) is 12.6 Å². The molecule has 1 atom stereocenters. The Morgan fingerprint density at radius 2 is 1.56 bits per heavy atom. The van der Waals surface area contributed by atoms with E-state index in [9.17, 15) is 18.0 Å². The van der Waals surface area contributed by atoms with Gasteiger partial charge < -0.3 is 10.2 Å². The van der Waals surface area contributed by atoms with Crippen molar-refractivity contribution in [2.24, 2.45) is 0 Å². The topological polar surface area (TPSA) is 86.8 Å². The van der Waals surface area contributed by atoms with Crippen LogP contribution >= 0.6 is 11.6 Å². The van der Waals surface area contributed by atoms with Gasteiger partial charge >= 0.3 is 0 Å². The average molecular weight is 596 g/mol. The maximum absolute atomic E-state index is 14.1. The van der Waals surface area contributed by atoms with E-state index in [0.717, 1.165) is 41.1 Å². The molecule has 1 saturated carbocycles. The number of hydrogen-bond acceptors (Lipinski definition) is 4. The third-order valence-electron chi connectivity index (χ3n) is 7.54. The Balaban J connectivity index is 1.68. The lowest BCUT2D eigenvalue weighted by Crippen LogP contribution is -2.54. The highest BCUT2D eigenvalue weighted by Gasteiger charge is 2.34. The molecule has 2 amide bonds. The van der Waals surface area contributed by atoms with Crippen LogP contribution in [0.4, 0.5) is 5.69 Å². The van der Waals surface area contributed by atoms with Crippen molar-refractivity contribution in [1.82, 2.24) is 10.2 Å². The molecule has 1 aliphatic carbocycles. The van der Waals surface area contributed by atoms with Gasteiger partial charge in [-0.2, -0.15) is 0 Å². The van der Waals surface area contributed by atoms with E-state index in [2.05, 4.69) is 5.32 Å². The van der Waals surface area contributed by atoms with Crippen molar-refractivity contribution in [2.45, 2.75) is 75.9 Å². The summed E-state index contributed by atoms with van der Waals surface area (Å²) in [6, 6.07) is 21.6. The first-order valence-corrected chi connectivity index (χ1v) is 16.0. The molecule has 9 heteroatoms. The zero-order chi connectivity index (χ0) is 29.4. The van der Waals surface area contributed by atoms with Crippen LogP contribution < -0.4 is 9.62 Å². The van der Waals surface area contributed by atoms with E-state index in [0.29, 0.717) is 17.1 Å². The Bertz CT molecular complexity index is 1410. The van der Waals surface area contributed by atoms with Crippen molar-refractivity contribution in [1.29, 1.82) is 0 Å². The van der Waals surface area contributed by atoms with Crippen molar-refractivity contribution in [2.75, 3.05) is 10.8 Å². The molecule has 0 unspecified atom stereocenters. The third kappa shape index (κ3) is 7.89. The van der Waals surface area contributed by atoms with Crippen LogP contribution in [0.25, 0.3) is 0 Å². The van der Waals surface area contributed by atoms with Crippen molar-refractivity contribution < 1.29 is 18.0 Å². The Kier molecular flexibility index (Phi) is 10.5. The molecule has 0 aromatic heterocycles. The van der Waals surface area contributed by atoms with Crippen molar-refractivity contribution in [3.8, 4) is 0 Å². The molecule has 1 aliphatic rings. The molecule has 218 valence electrons. The number of rotatable bonds is 11. The van der Waals surface area contributed by atoms with Gasteiger partial charge in [-0.25, -0.2) is 8.42 Å². The molecule has 1 N–H and O–H groups in total. The first-order chi connectivity index (χ1) is 19.7. The first kappa shape index (κ1) is 30.6. The lowest BCUT2D eigenvalue weighted by Gasteiger charge is -2.34. The third-order valence-corrected chi connectivity index (χ3v) is 9.58. The highest BCUT2D eigenvalue weighted by Crippen LogP contribution is 2.26. The summed E-state index contributed by atoms with van der Waals surface area (Å²) in [5.41, 5.74) is 2.17. The highest BCUT2D eigenvalue weighted by atomic mass is 35.5. The average Bonchev–Trinajstić information content (AvgIpc) is 2.97. The van der Waals surface area contributed by atoms with Gasteiger partial charge in [0.25, 0.3) is 10.0 Å². The Hall–Kier alpha value is -3.36. The minimum atomic E-state index is -4.13. The van der Waals surface area contributed by atoms with E-state index in [1.54, 1.807) is 24.3 Å². The van der Waals surface area contributed by atoms with Gasteiger partial charge in [0.2, 0.25) is 11.8 Å². The summed E-state index contributed by atoms with van der Waals surface area (Å²) in [7, 11) is -4.13. The zero-order valence-corrected chi connectivity index (χ0v) is 25.2. The Labute approximate surface area is 248 Å². The van der Waals surface area contributed by atoms with Crippen molar-refractivity contribution in [3.05, 3.63) is 95.0 Å². The lowest BCUT2D eigenvalue weighted by atomic mass is 9.95. The van der Waals surface area contributed by atoms with E-state index >= 15 is 0 Å². The fourth-order valence-electron chi connectivity index (χ4n) is 5.22. The van der Waals surface area contributed by atoms with Crippen molar-refractivity contribution in [3.63, 3.8) is 0 Å². The lowest BCUT2D eigenvalue weighted by molar-refractivity contribution is -0.140. The summed E-state index contributed by atoms with van der Waals surface area (Å²) in [5, 5.41) is 3.57. The van der Waals surface area contributed by atoms with Crippen LogP contribution in [-0.4, -0.2) is 43.8 Å². The molecule has 0 bridgehead atoms. The smallest absolute Gasteiger partial charge is 0.264 e. The van der Waals surface area contributed by atoms with Gasteiger partial charge in [-0.05, 0) is 68.1 Å². The number of hydrogen-bond donors (Lipinski definition) is 1. The van der Waals surface area contributed by atoms with Crippen LogP contribution in [0.5, 0.6) is 0 Å². The van der Waals surface area contributed by atoms with E-state index in [4.69, 9.17) is 11.6 Å². The fraction of sp³-hybridized carbons (Fsp3) is 0.375. The van der Waals surface area contributed by atoms with Crippen LogP contribution in [0.1, 0.15) is 56.6 Å². The van der Waals surface area contributed by atoms with E-state index in [1.807, 2.05) is 44.2 Å². The van der Waals surface area contributed by atoms with E-state index in [1.165, 1.54) is 35.6 Å². The summed E-state index contributed by atoms with van der Waals surface area (Å²) in [6.07, 6.45) is 5.56. The predicted molar refractivity (Wildman–Crippen MR) is 163 cm³/mol. The second-order valence-corrected chi connectivity index (χ2v) is 12.9. The molecule has 41 heavy (non-hydrogen) atoms. The Morgan fingerprint density at radius 1 is 0.927 bits per heavy atom. The Morgan fingerprint density at radius 3 is 2.17 bits per heavy atom. The summed E-state index contributed by atoms with van der Waals surface area (Å²) in [5.74, 6) is -0.663. The molecule has 4 rings (SSSR count). The summed E-state index contributed by atoms with van der Waals surface area (Å²) >= 11 is 6.02. The predicted octanol–water partition coefficient (Wildman–Crippen LogP) is 6.10. The standard InChI is InChI=1S/C32H38ClN3O4S/c1-3-30(32(38)34-27-12-8-5-9-13-27)35(22-25-10-6-4-7-11-25)31(37)23-36(28-18-14-24(2)15-19-28)41(39,40)29-20-16-26(33)17-21-29/h4,6-7,10-11,14-21,27,30H,3,5,8-9,12-13,22-23H2,1-2H3,(H,34,38)/t30-/m0/s1. The van der Waals surface area contributed by atoms with Crippen LogP contribution in [0.2, 0.25) is 5.02 Å². The number of carbonyl (C=O) groups excluding carboxylic acids is 2. The number of nitrogens with zero attached hydrogens (tertiary/aromatic N) is 2. The van der Waals surface area contributed by atoms with E-state index < -0.39 is 28.5 Å². The SMILES string of the molecule is CC[C@@H](C(=O)NC1CCCCC1)N(Cc1ccccc1)C(=O)CN(c1ccc(C)cc1)S(=O)(=O)c1ccc(Cl)cc1. The van der Waals surface area contributed by atoms with Gasteiger partial charge in [-0.1, -0.05) is 85.8 Å². The molecular formula is C32H38ClN3O4S. The number of benzene rings is 3. The highest BCUT2D eigenvalue weighted by molar-refractivity contribution is 7.92. The van der Waals surface area contributed by atoms with Crippen LogP contribution in [0.15, 0.2) is 83.8 Å². The number of nitrogens with one attached hydrogen (secondary N) is 1. The zero-order valence-electron chi connectivity index (χ0n) is 23.6. The van der Waals surface area contributed by atoms with Crippen LogP contribution in [-0.2, 0) is 26.2 Å². The minimum absolute atomic E-state index is 0.0203. The van der Waals surface area contributed by atoms with Crippen LogP contribution in [0.3, 0.4) is 0 Å². The number of amides is 2.